The molecule has 4 aliphatic rings. The molecule has 0 unspecified atom stereocenters. The zero-order chi connectivity index (χ0) is 52.2. The number of esters is 2. The molecule has 366 valence electrons. The lowest BCUT2D eigenvalue weighted by Gasteiger charge is -2.33. The Hall–Kier alpha value is -9.25. The highest BCUT2D eigenvalue weighted by Gasteiger charge is 2.45. The summed E-state index contributed by atoms with van der Waals surface area (Å²) in [5, 5.41) is 7.33. The first-order valence-corrected chi connectivity index (χ1v) is 27.2. The smallest absolute Gasteiger partial charge is 0.338 e. The maximum Gasteiger partial charge on any atom is 0.338 e. The van der Waals surface area contributed by atoms with Gasteiger partial charge in [0.05, 0.1) is 11.1 Å². The van der Waals surface area contributed by atoms with Crippen LogP contribution in [0.1, 0.15) is 54.1 Å². The van der Waals surface area contributed by atoms with Gasteiger partial charge in [-0.3, -0.25) is 0 Å². The van der Waals surface area contributed by atoms with E-state index in [9.17, 15) is 9.59 Å². The van der Waals surface area contributed by atoms with Gasteiger partial charge in [-0.1, -0.05) is 191 Å². The summed E-state index contributed by atoms with van der Waals surface area (Å²) < 4.78 is 12.3. The van der Waals surface area contributed by atoms with Crippen molar-refractivity contribution in [1.29, 1.82) is 0 Å². The lowest BCUT2D eigenvalue weighted by Crippen LogP contribution is -2.53. The summed E-state index contributed by atoms with van der Waals surface area (Å²) in [6.07, 6.45) is 0. The van der Waals surface area contributed by atoms with Crippen molar-refractivity contribution in [2.45, 2.75) is 40.9 Å². The van der Waals surface area contributed by atoms with Crippen molar-refractivity contribution in [2.24, 2.45) is 0 Å². The maximum absolute atomic E-state index is 14.5. The average Bonchev–Trinajstić information content (AvgIpc) is 2.48. The van der Waals surface area contributed by atoms with Gasteiger partial charge >= 0.3 is 11.9 Å². The second-order valence-corrected chi connectivity index (χ2v) is 22.1. The molecule has 0 aromatic heterocycles. The van der Waals surface area contributed by atoms with Crippen LogP contribution < -0.4 is 32.8 Å². The van der Waals surface area contributed by atoms with Crippen molar-refractivity contribution >= 4 is 90.5 Å². The van der Waals surface area contributed by atoms with Gasteiger partial charge < -0.3 is 9.47 Å². The number of carbonyl (C=O) groups excluding carboxylic acids is 2. The molecule has 0 fully saturated rings. The van der Waals surface area contributed by atoms with Crippen LogP contribution in [-0.4, -0.2) is 25.4 Å². The van der Waals surface area contributed by atoms with E-state index in [1.165, 1.54) is 110 Å². The highest BCUT2D eigenvalue weighted by atomic mass is 16.5. The Balaban J connectivity index is 1.06. The molecular weight excluding hydrogens is 950 g/mol. The van der Waals surface area contributed by atoms with Gasteiger partial charge in [0.1, 0.15) is 13.2 Å². The fourth-order valence-electron chi connectivity index (χ4n) is 14.7. The van der Waals surface area contributed by atoms with Crippen LogP contribution in [0.25, 0.3) is 99.1 Å². The Bertz CT molecular complexity index is 4320. The van der Waals surface area contributed by atoms with Crippen molar-refractivity contribution in [3.8, 4) is 66.8 Å². The summed E-state index contributed by atoms with van der Waals surface area (Å²) in [7, 11) is 0. The van der Waals surface area contributed by atoms with Crippen molar-refractivity contribution in [1.82, 2.24) is 0 Å². The second kappa shape index (κ2) is 16.6. The SMILES string of the molecule is Cc1cccc(C)c1-c1cc2c3c(cc4c(-c5c(C)cccc5C)cc5c6c(cc1c3c46)B1c3ccccc3-c3cc(C(=O)OCc4ccccc4)cc-5c31)B1c3ccccc3-c3cc(C(=O)OCc4ccccc4)cc-2c31. The van der Waals surface area contributed by atoms with Crippen LogP contribution in [0.3, 0.4) is 0 Å². The molecular formula is C72H48B2O4. The number of hydrogen-bond donors (Lipinski definition) is 0. The van der Waals surface area contributed by atoms with Crippen LogP contribution in [0.2, 0.25) is 0 Å². The molecule has 0 saturated carbocycles. The maximum atomic E-state index is 14.5. The van der Waals surface area contributed by atoms with E-state index in [4.69, 9.17) is 9.47 Å². The number of ether oxygens (including phenoxy) is 2. The molecule has 0 amide bonds. The molecule has 0 aliphatic carbocycles. The van der Waals surface area contributed by atoms with Crippen LogP contribution in [0.5, 0.6) is 0 Å². The van der Waals surface area contributed by atoms with Crippen molar-refractivity contribution in [3.05, 3.63) is 239 Å². The third kappa shape index (κ3) is 6.26. The Morgan fingerprint density at radius 2 is 0.692 bits per heavy atom. The topological polar surface area (TPSA) is 52.6 Å². The predicted molar refractivity (Wildman–Crippen MR) is 322 cm³/mol. The van der Waals surface area contributed by atoms with Crippen LogP contribution in [0, 0.1) is 27.7 Å². The fourth-order valence-corrected chi connectivity index (χ4v) is 14.7. The highest BCUT2D eigenvalue weighted by molar-refractivity contribution is 7.03. The first kappa shape index (κ1) is 45.0. The van der Waals surface area contributed by atoms with Crippen LogP contribution in [0.4, 0.5) is 0 Å². The number of hydrogen-bond acceptors (Lipinski definition) is 4. The standard InChI is InChI=1S/C72H48B2O4/c1-39-17-15-18-40(2)63(39)49-33-51-57-31-45(71(75)77-37-43-21-7-5-8-22-43)29-55-47-25-12-14-28-60(47)74(69(55)57)62-36-54-50(64-41(3)19-16-20-42(64)4)34-52-58-32-46(72(76)78-38-44-23-9-6-10-24-44)30-56-48-26-11-13-27-59(48)73(70(56)58)61-35-53(49)67(65(51)62)68(54)66(52)61/h5-36H,37-38H2,1-4H3. The molecule has 0 N–H and O–H groups in total. The van der Waals surface area contributed by atoms with E-state index in [2.05, 4.69) is 161 Å². The summed E-state index contributed by atoms with van der Waals surface area (Å²) in [4.78, 5) is 29.1. The van der Waals surface area contributed by atoms with E-state index in [1.54, 1.807) is 0 Å². The first-order valence-electron chi connectivity index (χ1n) is 27.2. The summed E-state index contributed by atoms with van der Waals surface area (Å²) in [6.45, 7) is 9.16. The molecule has 0 spiro atoms. The Morgan fingerprint density at radius 3 is 1.09 bits per heavy atom. The zero-order valence-corrected chi connectivity index (χ0v) is 43.7. The van der Waals surface area contributed by atoms with Gasteiger partial charge in [0.15, 0.2) is 0 Å². The Labute approximate surface area is 453 Å². The first-order chi connectivity index (χ1) is 38.2. The average molecular weight is 999 g/mol. The second-order valence-electron chi connectivity index (χ2n) is 22.1. The predicted octanol–water partition coefficient (Wildman–Crippen LogP) is 12.8. The monoisotopic (exact) mass is 998 g/mol. The third-order valence-corrected chi connectivity index (χ3v) is 17.8. The van der Waals surface area contributed by atoms with Crippen LogP contribution in [-0.2, 0) is 22.7 Å². The van der Waals surface area contributed by atoms with E-state index in [0.29, 0.717) is 11.1 Å². The van der Waals surface area contributed by atoms with E-state index in [-0.39, 0.29) is 38.6 Å². The fraction of sp³-hybridized carbons (Fsp3) is 0.0833. The van der Waals surface area contributed by atoms with E-state index in [1.807, 2.05) is 60.7 Å². The van der Waals surface area contributed by atoms with Crippen molar-refractivity contribution in [3.63, 3.8) is 0 Å². The van der Waals surface area contributed by atoms with Gasteiger partial charge in [0.2, 0.25) is 13.4 Å². The highest BCUT2D eigenvalue weighted by Crippen LogP contribution is 2.52. The third-order valence-electron chi connectivity index (χ3n) is 17.8. The molecule has 4 aliphatic heterocycles. The Kier molecular flexibility index (Phi) is 9.59. The van der Waals surface area contributed by atoms with Gasteiger partial charge in [0.25, 0.3) is 0 Å². The minimum Gasteiger partial charge on any atom is -0.457 e. The number of carbonyl (C=O) groups is 2. The molecule has 6 heteroatoms. The zero-order valence-electron chi connectivity index (χ0n) is 43.7. The molecule has 12 aromatic carbocycles. The number of rotatable bonds is 8. The summed E-state index contributed by atoms with van der Waals surface area (Å²) in [5.74, 6) is -0.685. The summed E-state index contributed by atoms with van der Waals surface area (Å²) in [6, 6.07) is 69.2. The molecule has 0 saturated heterocycles. The minimum atomic E-state index is -0.342. The van der Waals surface area contributed by atoms with E-state index >= 15 is 0 Å². The molecule has 4 heterocycles. The number of benzene rings is 12. The molecule has 4 nitrogen and oxygen atoms in total. The van der Waals surface area contributed by atoms with Gasteiger partial charge in [0, 0.05) is 0 Å². The van der Waals surface area contributed by atoms with Gasteiger partial charge in [-0.05, 0) is 197 Å². The number of fused-ring (bicyclic) bond motifs is 10. The van der Waals surface area contributed by atoms with Crippen molar-refractivity contribution < 1.29 is 19.1 Å². The normalized spacial score (nSPS) is 12.8. The molecule has 78 heavy (non-hydrogen) atoms. The van der Waals surface area contributed by atoms with Crippen LogP contribution in [0.15, 0.2) is 194 Å². The lowest BCUT2D eigenvalue weighted by atomic mass is 9.34. The van der Waals surface area contributed by atoms with E-state index in [0.717, 1.165) is 55.6 Å². The van der Waals surface area contributed by atoms with Gasteiger partial charge in [-0.2, -0.15) is 0 Å². The van der Waals surface area contributed by atoms with Gasteiger partial charge in [-0.15, -0.1) is 0 Å². The molecule has 0 bridgehead atoms. The van der Waals surface area contributed by atoms with Crippen molar-refractivity contribution in [2.75, 3.05) is 0 Å². The Morgan fingerprint density at radius 1 is 0.333 bits per heavy atom. The molecule has 0 atom stereocenters. The molecule has 0 radical (unpaired) electrons. The summed E-state index contributed by atoms with van der Waals surface area (Å²) in [5.41, 5.74) is 28.9. The minimum absolute atomic E-state index is 0.0851. The molecule has 12 aromatic rings. The molecule has 16 rings (SSSR count). The van der Waals surface area contributed by atoms with E-state index < -0.39 is 0 Å². The summed E-state index contributed by atoms with van der Waals surface area (Å²) >= 11 is 0. The van der Waals surface area contributed by atoms with Gasteiger partial charge in [-0.25, -0.2) is 9.59 Å². The quantitative estimate of drug-likeness (QED) is 0.0865. The largest absolute Gasteiger partial charge is 0.457 e. The lowest BCUT2D eigenvalue weighted by molar-refractivity contribution is 0.0464. The van der Waals surface area contributed by atoms with Crippen LogP contribution >= 0.6 is 0 Å². The number of aryl methyl sites for hydroxylation is 4.